The summed E-state index contributed by atoms with van der Waals surface area (Å²) in [7, 11) is 1.63. The van der Waals surface area contributed by atoms with Crippen molar-refractivity contribution >= 4 is 17.8 Å². The second-order valence-corrected chi connectivity index (χ2v) is 6.49. The molecular formula is C16H21N3O4. The van der Waals surface area contributed by atoms with Gasteiger partial charge in [-0.05, 0) is 44.7 Å². The highest BCUT2D eigenvalue weighted by Gasteiger charge is 2.56. The number of amides is 4. The summed E-state index contributed by atoms with van der Waals surface area (Å²) in [5.41, 5.74) is -0.859. The van der Waals surface area contributed by atoms with Crippen molar-refractivity contribution in [2.24, 2.45) is 5.92 Å². The van der Waals surface area contributed by atoms with E-state index in [4.69, 9.17) is 4.42 Å². The quantitative estimate of drug-likeness (QED) is 0.834. The Morgan fingerprint density at radius 1 is 1.52 bits per heavy atom. The zero-order valence-electron chi connectivity index (χ0n) is 13.5. The van der Waals surface area contributed by atoms with Gasteiger partial charge in [0, 0.05) is 7.05 Å². The molecule has 1 aromatic rings. The summed E-state index contributed by atoms with van der Waals surface area (Å²) in [6.45, 7) is 3.32. The lowest BCUT2D eigenvalue weighted by molar-refractivity contribution is -0.139. The van der Waals surface area contributed by atoms with Gasteiger partial charge in [0.1, 0.15) is 17.8 Å². The molecule has 1 N–H and O–H groups in total. The maximum absolute atomic E-state index is 12.5. The van der Waals surface area contributed by atoms with Crippen LogP contribution in [0.5, 0.6) is 0 Å². The standard InChI is InChI=1S/C16H21N3O4/c1-10(12-5-4-8-23-12)18(3)13(20)9-19-14(21)16(2,11-6-7-11)17-15(19)22/h4-5,8,10-11H,6-7,9H2,1-3H3,(H,17,22). The van der Waals surface area contributed by atoms with Crippen LogP contribution in [0.15, 0.2) is 22.8 Å². The van der Waals surface area contributed by atoms with Crippen LogP contribution in [0.3, 0.4) is 0 Å². The van der Waals surface area contributed by atoms with Crippen LogP contribution in [-0.2, 0) is 9.59 Å². The van der Waals surface area contributed by atoms with Gasteiger partial charge in [-0.3, -0.25) is 14.5 Å². The molecular weight excluding hydrogens is 298 g/mol. The molecule has 2 atom stereocenters. The molecule has 1 aliphatic carbocycles. The fourth-order valence-corrected chi connectivity index (χ4v) is 2.98. The van der Waals surface area contributed by atoms with Crippen molar-refractivity contribution in [1.29, 1.82) is 0 Å². The van der Waals surface area contributed by atoms with E-state index in [1.54, 1.807) is 32.4 Å². The molecule has 0 aromatic carbocycles. The van der Waals surface area contributed by atoms with Crippen molar-refractivity contribution in [2.75, 3.05) is 13.6 Å². The predicted molar refractivity (Wildman–Crippen MR) is 81.3 cm³/mol. The number of hydrogen-bond donors (Lipinski definition) is 1. The Morgan fingerprint density at radius 3 is 2.78 bits per heavy atom. The number of furan rings is 1. The third-order valence-electron chi connectivity index (χ3n) is 4.92. The third-order valence-corrected chi connectivity index (χ3v) is 4.92. The predicted octanol–water partition coefficient (Wildman–Crippen LogP) is 1.52. The summed E-state index contributed by atoms with van der Waals surface area (Å²) in [6.07, 6.45) is 3.40. The number of nitrogens with zero attached hydrogens (tertiary/aromatic N) is 2. The van der Waals surface area contributed by atoms with E-state index in [0.29, 0.717) is 5.76 Å². The maximum atomic E-state index is 12.5. The molecule has 1 aromatic heterocycles. The molecule has 0 bridgehead atoms. The molecule has 4 amide bonds. The van der Waals surface area contributed by atoms with Crippen molar-refractivity contribution in [3.8, 4) is 0 Å². The van der Waals surface area contributed by atoms with Gasteiger partial charge in [-0.1, -0.05) is 0 Å². The molecule has 2 aliphatic rings. The molecule has 7 heteroatoms. The van der Waals surface area contributed by atoms with Gasteiger partial charge >= 0.3 is 6.03 Å². The number of carbonyl (C=O) groups is 3. The smallest absolute Gasteiger partial charge is 0.325 e. The lowest BCUT2D eigenvalue weighted by Gasteiger charge is -2.25. The zero-order chi connectivity index (χ0) is 16.8. The average molecular weight is 319 g/mol. The monoisotopic (exact) mass is 319 g/mol. The first-order valence-corrected chi connectivity index (χ1v) is 7.77. The van der Waals surface area contributed by atoms with Crippen molar-refractivity contribution < 1.29 is 18.8 Å². The van der Waals surface area contributed by atoms with E-state index >= 15 is 0 Å². The van der Waals surface area contributed by atoms with E-state index in [1.165, 1.54) is 4.90 Å². The molecule has 7 nitrogen and oxygen atoms in total. The van der Waals surface area contributed by atoms with Gasteiger partial charge in [0.25, 0.3) is 5.91 Å². The minimum atomic E-state index is -0.859. The molecule has 0 radical (unpaired) electrons. The van der Waals surface area contributed by atoms with E-state index in [9.17, 15) is 14.4 Å². The molecule has 2 heterocycles. The minimum absolute atomic E-state index is 0.179. The van der Waals surface area contributed by atoms with E-state index in [2.05, 4.69) is 5.32 Å². The van der Waals surface area contributed by atoms with Crippen LogP contribution in [0.25, 0.3) is 0 Å². The van der Waals surface area contributed by atoms with E-state index in [1.807, 2.05) is 6.92 Å². The van der Waals surface area contributed by atoms with Gasteiger partial charge in [-0.25, -0.2) is 4.79 Å². The van der Waals surface area contributed by atoms with Crippen LogP contribution in [0.2, 0.25) is 0 Å². The Labute approximate surface area is 134 Å². The van der Waals surface area contributed by atoms with Crippen LogP contribution in [-0.4, -0.2) is 46.8 Å². The number of imide groups is 1. The molecule has 23 heavy (non-hydrogen) atoms. The van der Waals surface area contributed by atoms with E-state index in [-0.39, 0.29) is 30.3 Å². The highest BCUT2D eigenvalue weighted by molar-refractivity contribution is 6.09. The molecule has 2 unspecified atom stereocenters. The number of hydrogen-bond acceptors (Lipinski definition) is 4. The highest BCUT2D eigenvalue weighted by atomic mass is 16.3. The van der Waals surface area contributed by atoms with Crippen molar-refractivity contribution in [3.63, 3.8) is 0 Å². The lowest BCUT2D eigenvalue weighted by atomic mass is 9.96. The minimum Gasteiger partial charge on any atom is -0.467 e. The Morgan fingerprint density at radius 2 is 2.22 bits per heavy atom. The van der Waals surface area contributed by atoms with Crippen molar-refractivity contribution in [3.05, 3.63) is 24.2 Å². The largest absolute Gasteiger partial charge is 0.467 e. The number of nitrogens with one attached hydrogen (secondary N) is 1. The summed E-state index contributed by atoms with van der Waals surface area (Å²) in [5.74, 6) is 0.217. The number of urea groups is 1. The molecule has 1 saturated carbocycles. The Hall–Kier alpha value is -2.31. The lowest BCUT2D eigenvalue weighted by Crippen LogP contribution is -2.47. The van der Waals surface area contributed by atoms with Crippen LogP contribution in [0, 0.1) is 5.92 Å². The van der Waals surface area contributed by atoms with Gasteiger partial charge in [0.05, 0.1) is 12.3 Å². The van der Waals surface area contributed by atoms with Crippen LogP contribution >= 0.6 is 0 Å². The Kier molecular flexibility index (Phi) is 3.66. The van der Waals surface area contributed by atoms with E-state index < -0.39 is 11.6 Å². The molecule has 124 valence electrons. The van der Waals surface area contributed by atoms with E-state index in [0.717, 1.165) is 17.7 Å². The summed E-state index contributed by atoms with van der Waals surface area (Å²) in [4.78, 5) is 39.6. The second-order valence-electron chi connectivity index (χ2n) is 6.49. The summed E-state index contributed by atoms with van der Waals surface area (Å²) in [6, 6.07) is 2.78. The highest BCUT2D eigenvalue weighted by Crippen LogP contribution is 2.42. The first-order chi connectivity index (χ1) is 10.8. The van der Waals surface area contributed by atoms with Crippen LogP contribution in [0.1, 0.15) is 38.5 Å². The Bertz CT molecular complexity index is 638. The summed E-state index contributed by atoms with van der Waals surface area (Å²) >= 11 is 0. The first kappa shape index (κ1) is 15.6. The van der Waals surface area contributed by atoms with Gasteiger partial charge < -0.3 is 14.6 Å². The van der Waals surface area contributed by atoms with Crippen LogP contribution in [0.4, 0.5) is 4.79 Å². The molecule has 0 spiro atoms. The molecule has 2 fully saturated rings. The number of rotatable bonds is 5. The summed E-state index contributed by atoms with van der Waals surface area (Å²) in [5, 5.41) is 2.74. The second kappa shape index (κ2) is 5.40. The average Bonchev–Trinajstić information content (AvgIpc) is 3.20. The van der Waals surface area contributed by atoms with Gasteiger partial charge in [-0.15, -0.1) is 0 Å². The zero-order valence-corrected chi connectivity index (χ0v) is 13.5. The normalized spacial score (nSPS) is 25.4. The van der Waals surface area contributed by atoms with Gasteiger partial charge in [0.15, 0.2) is 0 Å². The number of likely N-dealkylation sites (N-methyl/N-ethyl adjacent to an activating group) is 1. The molecule has 3 rings (SSSR count). The number of carbonyl (C=O) groups excluding carboxylic acids is 3. The van der Waals surface area contributed by atoms with Gasteiger partial charge in [0.2, 0.25) is 5.91 Å². The third kappa shape index (κ3) is 2.60. The SMILES string of the molecule is CC(c1ccco1)N(C)C(=O)CN1C(=O)NC(C)(C2CC2)C1=O. The van der Waals surface area contributed by atoms with Crippen molar-refractivity contribution in [1.82, 2.24) is 15.1 Å². The summed E-state index contributed by atoms with van der Waals surface area (Å²) < 4.78 is 5.30. The topological polar surface area (TPSA) is 82.9 Å². The maximum Gasteiger partial charge on any atom is 0.325 e. The molecule has 1 aliphatic heterocycles. The first-order valence-electron chi connectivity index (χ1n) is 7.77. The van der Waals surface area contributed by atoms with Crippen molar-refractivity contribution in [2.45, 2.75) is 38.3 Å². The Balaban J connectivity index is 1.68. The molecule has 1 saturated heterocycles. The fraction of sp³-hybridized carbons (Fsp3) is 0.562. The van der Waals surface area contributed by atoms with Crippen LogP contribution < -0.4 is 5.32 Å². The fourth-order valence-electron chi connectivity index (χ4n) is 2.98. The van der Waals surface area contributed by atoms with Gasteiger partial charge in [-0.2, -0.15) is 0 Å².